The highest BCUT2D eigenvalue weighted by atomic mass is 35.5. The van der Waals surface area contributed by atoms with E-state index in [1.54, 1.807) is 6.92 Å². The van der Waals surface area contributed by atoms with Crippen molar-refractivity contribution in [3.05, 3.63) is 80.5 Å². The highest BCUT2D eigenvalue weighted by molar-refractivity contribution is 6.35. The summed E-state index contributed by atoms with van der Waals surface area (Å²) in [5, 5.41) is 2.98. The molecular formula is C23H19ClF4N2O4. The molecule has 0 bridgehead atoms. The van der Waals surface area contributed by atoms with Gasteiger partial charge < -0.3 is 14.6 Å². The van der Waals surface area contributed by atoms with Gasteiger partial charge in [-0.15, -0.1) is 0 Å². The molecule has 1 aromatic heterocycles. The Balaban J connectivity index is 1.87. The fourth-order valence-corrected chi connectivity index (χ4v) is 3.63. The molecule has 0 fully saturated rings. The molecule has 11 heteroatoms. The number of rotatable bonds is 6. The van der Waals surface area contributed by atoms with Gasteiger partial charge in [0.05, 0.1) is 22.2 Å². The Bertz CT molecular complexity index is 1320. The van der Waals surface area contributed by atoms with Crippen molar-refractivity contribution in [3.63, 3.8) is 0 Å². The number of aromatic nitrogens is 1. The van der Waals surface area contributed by atoms with Crippen LogP contribution in [0.2, 0.25) is 5.02 Å². The van der Waals surface area contributed by atoms with E-state index in [9.17, 15) is 31.9 Å². The lowest BCUT2D eigenvalue weighted by Crippen LogP contribution is -2.27. The maximum absolute atomic E-state index is 13.8. The summed E-state index contributed by atoms with van der Waals surface area (Å²) in [6.07, 6.45) is -3.39. The van der Waals surface area contributed by atoms with Gasteiger partial charge in [-0.05, 0) is 42.8 Å². The number of nitrogens with zero attached hydrogens (tertiary/aromatic N) is 1. The lowest BCUT2D eigenvalue weighted by Gasteiger charge is -2.17. The number of amides is 1. The van der Waals surface area contributed by atoms with Crippen molar-refractivity contribution in [2.75, 3.05) is 6.61 Å². The van der Waals surface area contributed by atoms with Crippen LogP contribution in [0.3, 0.4) is 0 Å². The molecule has 3 rings (SSSR count). The molecule has 0 spiro atoms. The zero-order valence-corrected chi connectivity index (χ0v) is 18.8. The van der Waals surface area contributed by atoms with Gasteiger partial charge in [-0.2, -0.15) is 13.2 Å². The minimum Gasteiger partial charge on any atom is -0.464 e. The topological polar surface area (TPSA) is 77.4 Å². The number of carbonyl (C=O) groups is 2. The van der Waals surface area contributed by atoms with Crippen LogP contribution in [0.5, 0.6) is 0 Å². The van der Waals surface area contributed by atoms with Gasteiger partial charge in [-0.1, -0.05) is 17.7 Å². The number of benzene rings is 2. The van der Waals surface area contributed by atoms with E-state index in [0.717, 1.165) is 6.07 Å². The summed E-state index contributed by atoms with van der Waals surface area (Å²) in [6.45, 7) is 2.65. The first kappa shape index (κ1) is 25.2. The van der Waals surface area contributed by atoms with E-state index in [1.807, 2.05) is 0 Å². The van der Waals surface area contributed by atoms with Crippen molar-refractivity contribution >= 4 is 34.2 Å². The van der Waals surface area contributed by atoms with Gasteiger partial charge in [0, 0.05) is 30.4 Å². The molecule has 1 amide bonds. The molecule has 34 heavy (non-hydrogen) atoms. The first-order chi connectivity index (χ1) is 15.9. The first-order valence-electron chi connectivity index (χ1n) is 10.0. The second-order valence-electron chi connectivity index (χ2n) is 7.56. The maximum Gasteiger partial charge on any atom is 0.419 e. The van der Waals surface area contributed by atoms with E-state index in [0.29, 0.717) is 12.1 Å². The lowest BCUT2D eigenvalue weighted by molar-refractivity contribution is -0.142. The normalized spacial score (nSPS) is 12.4. The van der Waals surface area contributed by atoms with Gasteiger partial charge in [-0.25, -0.2) is 4.39 Å². The Morgan fingerprint density at radius 2 is 1.85 bits per heavy atom. The molecule has 1 N–H and O–H groups in total. The molecule has 1 atom stereocenters. The van der Waals surface area contributed by atoms with Crippen molar-refractivity contribution < 1.29 is 31.9 Å². The second kappa shape index (κ2) is 9.84. The summed E-state index contributed by atoms with van der Waals surface area (Å²) in [4.78, 5) is 36.8. The Hall–Kier alpha value is -3.40. The quantitative estimate of drug-likeness (QED) is 0.389. The fraction of sp³-hybridized carbons (Fsp3) is 0.261. The number of carbonyl (C=O) groups excluding carboxylic acids is 2. The van der Waals surface area contributed by atoms with Crippen molar-refractivity contribution in [2.45, 2.75) is 32.6 Å². The van der Waals surface area contributed by atoms with Crippen LogP contribution < -0.4 is 10.9 Å². The third-order valence-electron chi connectivity index (χ3n) is 5.08. The number of ether oxygens (including phenoxy) is 1. The van der Waals surface area contributed by atoms with E-state index in [-0.39, 0.29) is 40.1 Å². The number of pyridine rings is 1. The van der Waals surface area contributed by atoms with E-state index >= 15 is 0 Å². The number of esters is 1. The number of hydrogen-bond donors (Lipinski definition) is 1. The number of halogens is 5. The van der Waals surface area contributed by atoms with Gasteiger partial charge in [0.1, 0.15) is 12.4 Å². The second-order valence-corrected chi connectivity index (χ2v) is 7.97. The predicted molar refractivity (Wildman–Crippen MR) is 117 cm³/mol. The summed E-state index contributed by atoms with van der Waals surface area (Å²) in [7, 11) is 0. The van der Waals surface area contributed by atoms with Crippen LogP contribution in [0.25, 0.3) is 10.8 Å². The molecule has 0 saturated carbocycles. The highest BCUT2D eigenvalue weighted by Crippen LogP contribution is 2.31. The maximum atomic E-state index is 13.8. The molecule has 0 radical (unpaired) electrons. The van der Waals surface area contributed by atoms with Crippen LogP contribution in [0.4, 0.5) is 17.6 Å². The summed E-state index contributed by atoms with van der Waals surface area (Å²) in [5.74, 6) is -2.63. The standard InChI is InChI=1S/C23H19ClF4N2O4/c1-12(11-34-13(2)31)30-8-7-15-16(22(30)33)4-6-18(24)20(15)21(32)29-10-14-3-5-17(19(25)9-14)23(26,27)28/h3-9,12H,10-11H2,1-2H3,(H,29,32). The molecule has 2 aromatic carbocycles. The van der Waals surface area contributed by atoms with E-state index in [4.69, 9.17) is 16.3 Å². The molecular weight excluding hydrogens is 480 g/mol. The Kier molecular flexibility index (Phi) is 7.30. The zero-order chi connectivity index (χ0) is 25.2. The third-order valence-corrected chi connectivity index (χ3v) is 5.40. The van der Waals surface area contributed by atoms with Gasteiger partial charge in [0.2, 0.25) is 0 Å². The monoisotopic (exact) mass is 498 g/mol. The average Bonchev–Trinajstić information content (AvgIpc) is 2.75. The summed E-state index contributed by atoms with van der Waals surface area (Å²) in [5.41, 5.74) is -1.74. The molecule has 0 aliphatic heterocycles. The lowest BCUT2D eigenvalue weighted by atomic mass is 10.0. The largest absolute Gasteiger partial charge is 0.464 e. The summed E-state index contributed by atoms with van der Waals surface area (Å²) >= 11 is 6.20. The van der Waals surface area contributed by atoms with E-state index in [2.05, 4.69) is 5.32 Å². The number of nitrogens with one attached hydrogen (secondary N) is 1. The first-order valence-corrected chi connectivity index (χ1v) is 10.4. The minimum absolute atomic E-state index is 0.0107. The summed E-state index contributed by atoms with van der Waals surface area (Å²) < 4.78 is 58.3. The van der Waals surface area contributed by atoms with Crippen LogP contribution in [-0.2, 0) is 22.3 Å². The van der Waals surface area contributed by atoms with Crippen molar-refractivity contribution in [3.8, 4) is 0 Å². The smallest absolute Gasteiger partial charge is 0.419 e. The summed E-state index contributed by atoms with van der Waals surface area (Å²) in [6, 6.07) is 6.22. The van der Waals surface area contributed by atoms with Crippen LogP contribution >= 0.6 is 11.6 Å². The van der Waals surface area contributed by atoms with Gasteiger partial charge in [0.15, 0.2) is 0 Å². The van der Waals surface area contributed by atoms with Gasteiger partial charge >= 0.3 is 12.1 Å². The number of alkyl halides is 3. The van der Waals surface area contributed by atoms with Crippen LogP contribution in [0.15, 0.2) is 47.4 Å². The Morgan fingerprint density at radius 3 is 2.47 bits per heavy atom. The van der Waals surface area contributed by atoms with Crippen molar-refractivity contribution in [2.24, 2.45) is 0 Å². The molecule has 3 aromatic rings. The number of fused-ring (bicyclic) bond motifs is 1. The molecule has 1 unspecified atom stereocenters. The van der Waals surface area contributed by atoms with Gasteiger partial charge in [-0.3, -0.25) is 14.4 Å². The van der Waals surface area contributed by atoms with Gasteiger partial charge in [0.25, 0.3) is 11.5 Å². The van der Waals surface area contributed by atoms with Crippen molar-refractivity contribution in [1.82, 2.24) is 9.88 Å². The Labute approximate surface area is 196 Å². The highest BCUT2D eigenvalue weighted by Gasteiger charge is 2.33. The van der Waals surface area contributed by atoms with Crippen LogP contribution in [0, 0.1) is 5.82 Å². The molecule has 1 heterocycles. The molecule has 0 saturated heterocycles. The van der Waals surface area contributed by atoms with Crippen LogP contribution in [0.1, 0.15) is 41.4 Å². The predicted octanol–water partition coefficient (Wildman–Crippen LogP) is 4.87. The fourth-order valence-electron chi connectivity index (χ4n) is 3.38. The minimum atomic E-state index is -4.83. The van der Waals surface area contributed by atoms with Crippen LogP contribution in [-0.4, -0.2) is 23.1 Å². The molecule has 180 valence electrons. The van der Waals surface area contributed by atoms with E-state index < -0.39 is 41.0 Å². The molecule has 6 nitrogen and oxygen atoms in total. The Morgan fingerprint density at radius 1 is 1.15 bits per heavy atom. The third kappa shape index (κ3) is 5.39. The molecule has 0 aliphatic carbocycles. The SMILES string of the molecule is CC(=O)OCC(C)n1ccc2c(C(=O)NCc3ccc(C(F)(F)F)c(F)c3)c(Cl)ccc2c1=O. The zero-order valence-electron chi connectivity index (χ0n) is 18.0. The molecule has 0 aliphatic rings. The van der Waals surface area contributed by atoms with E-state index in [1.165, 1.54) is 35.9 Å². The van der Waals surface area contributed by atoms with Crippen molar-refractivity contribution in [1.29, 1.82) is 0 Å². The average molecular weight is 499 g/mol. The number of hydrogen-bond acceptors (Lipinski definition) is 4.